The van der Waals surface area contributed by atoms with Crippen LogP contribution in [0.15, 0.2) is 24.3 Å². The number of ether oxygens (including phenoxy) is 1. The number of alkyl halides is 2. The Labute approximate surface area is 131 Å². The Morgan fingerprint density at radius 3 is 2.68 bits per heavy atom. The zero-order valence-electron chi connectivity index (χ0n) is 11.5. The number of carbonyl (C=O) groups excluding carboxylic acids is 1. The van der Waals surface area contributed by atoms with Gasteiger partial charge in [0.2, 0.25) is 5.91 Å². The zero-order chi connectivity index (χ0) is 14.5. The van der Waals surface area contributed by atoms with E-state index in [2.05, 4.69) is 31.9 Å². The molecular weight excluding hydrogens is 374 g/mol. The van der Waals surface area contributed by atoms with Crippen molar-refractivity contribution < 1.29 is 10.9 Å². The van der Waals surface area contributed by atoms with Crippen molar-refractivity contribution >= 4 is 37.8 Å². The number of halogens is 2. The Balaban J connectivity index is 1.85. The third kappa shape index (κ3) is 2.21. The number of carbonyl (C=O) groups is 1. The van der Waals surface area contributed by atoms with Crippen molar-refractivity contribution in [3.63, 3.8) is 0 Å². The van der Waals surface area contributed by atoms with Crippen molar-refractivity contribution in [2.75, 3.05) is 7.11 Å². The molecule has 0 spiro atoms. The molecule has 5 heteroatoms. The van der Waals surface area contributed by atoms with E-state index in [0.717, 1.165) is 17.7 Å². The van der Waals surface area contributed by atoms with Gasteiger partial charge in [0.15, 0.2) is 0 Å². The maximum absolute atomic E-state index is 12.4. The summed E-state index contributed by atoms with van der Waals surface area (Å²) in [6.07, 6.45) is 0.733. The van der Waals surface area contributed by atoms with Gasteiger partial charge >= 0.3 is 0 Å². The van der Waals surface area contributed by atoms with E-state index in [-0.39, 0.29) is 21.5 Å². The Morgan fingerprint density at radius 2 is 2.11 bits per heavy atom. The van der Waals surface area contributed by atoms with Gasteiger partial charge in [-0.15, -0.1) is 0 Å². The van der Waals surface area contributed by atoms with E-state index in [4.69, 9.17) is 6.11 Å². The molecule has 3 rings (SSSR count). The molecule has 1 aliphatic heterocycles. The smallest absolute Gasteiger partial charge is 0.227 e. The summed E-state index contributed by atoms with van der Waals surface area (Å²) in [5, 5.41) is 0. The van der Waals surface area contributed by atoms with E-state index in [1.807, 2.05) is 24.3 Å². The first-order valence-corrected chi connectivity index (χ1v) is 8.04. The van der Waals surface area contributed by atoms with E-state index in [9.17, 15) is 4.79 Å². The van der Waals surface area contributed by atoms with E-state index in [1.165, 1.54) is 0 Å². The number of piperidine rings is 1. The molecule has 1 aliphatic carbocycles. The van der Waals surface area contributed by atoms with Crippen molar-refractivity contribution in [2.45, 2.75) is 28.6 Å². The average Bonchev–Trinajstić information content (AvgIpc) is 2.78. The first-order chi connectivity index (χ1) is 9.48. The maximum atomic E-state index is 12.4. The Kier molecular flexibility index (Phi) is 3.27. The molecule has 0 aromatic heterocycles. The third-order valence-electron chi connectivity index (χ3n) is 3.81. The van der Waals surface area contributed by atoms with Crippen LogP contribution in [-0.2, 0) is 11.3 Å². The van der Waals surface area contributed by atoms with Crippen LogP contribution in [0.25, 0.3) is 0 Å². The molecule has 1 aromatic carbocycles. The molecule has 1 saturated carbocycles. The second-order valence-electron chi connectivity index (χ2n) is 4.91. The van der Waals surface area contributed by atoms with Gasteiger partial charge in [-0.05, 0) is 24.1 Å². The Bertz CT molecular complexity index is 538. The molecule has 1 aromatic rings. The van der Waals surface area contributed by atoms with Crippen molar-refractivity contribution in [3.8, 4) is 5.75 Å². The standard InChI is InChI=1S/C14H15Br2NO2/c1-19-9-4-2-8(3-5-9)7-17-13-11(15)6-10(12(13)16)14(17)18/h2-5,10-13H,6-7H2,1H3/t10-,11-,12-,13+/m0/s1/i13D. The molecule has 2 bridgehead atoms. The summed E-state index contributed by atoms with van der Waals surface area (Å²) in [6.45, 7) is 0.465. The fourth-order valence-electron chi connectivity index (χ4n) is 2.80. The van der Waals surface area contributed by atoms with Crippen LogP contribution in [0.2, 0.25) is 0 Å². The Hall–Kier alpha value is -0.550. The molecule has 0 N–H and O–H groups in total. The zero-order valence-corrected chi connectivity index (χ0v) is 13.6. The lowest BCUT2D eigenvalue weighted by Crippen LogP contribution is -2.42. The quantitative estimate of drug-likeness (QED) is 0.744. The molecule has 2 fully saturated rings. The number of nitrogens with zero attached hydrogens (tertiary/aromatic N) is 1. The highest BCUT2D eigenvalue weighted by Crippen LogP contribution is 2.46. The van der Waals surface area contributed by atoms with Gasteiger partial charge in [-0.1, -0.05) is 44.0 Å². The van der Waals surface area contributed by atoms with Gasteiger partial charge in [0.25, 0.3) is 0 Å². The van der Waals surface area contributed by atoms with E-state index < -0.39 is 6.02 Å². The maximum Gasteiger partial charge on any atom is 0.227 e. The van der Waals surface area contributed by atoms with Crippen LogP contribution in [-0.4, -0.2) is 33.6 Å². The van der Waals surface area contributed by atoms with Gasteiger partial charge in [0, 0.05) is 16.2 Å². The number of fused-ring (bicyclic) bond motifs is 2. The highest BCUT2D eigenvalue weighted by atomic mass is 79.9. The highest BCUT2D eigenvalue weighted by molar-refractivity contribution is 9.10. The molecule has 19 heavy (non-hydrogen) atoms. The lowest BCUT2D eigenvalue weighted by atomic mass is 10.1. The molecule has 102 valence electrons. The van der Waals surface area contributed by atoms with E-state index in [1.54, 1.807) is 12.0 Å². The summed E-state index contributed by atoms with van der Waals surface area (Å²) < 4.78 is 13.8. The van der Waals surface area contributed by atoms with Crippen molar-refractivity contribution in [3.05, 3.63) is 29.8 Å². The molecule has 3 nitrogen and oxygen atoms in total. The number of rotatable bonds is 3. The summed E-state index contributed by atoms with van der Waals surface area (Å²) in [5.74, 6) is 0.781. The molecule has 0 unspecified atom stereocenters. The second-order valence-corrected chi connectivity index (χ2v) is 7.00. The van der Waals surface area contributed by atoms with Crippen LogP contribution in [0.3, 0.4) is 0 Å². The summed E-state index contributed by atoms with van der Waals surface area (Å²) >= 11 is 7.11. The van der Waals surface area contributed by atoms with Gasteiger partial charge in [-0.25, -0.2) is 0 Å². The first-order valence-electron chi connectivity index (χ1n) is 6.71. The minimum Gasteiger partial charge on any atom is -0.497 e. The monoisotopic (exact) mass is 388 g/mol. The van der Waals surface area contributed by atoms with Gasteiger partial charge in [-0.2, -0.15) is 0 Å². The van der Waals surface area contributed by atoms with Crippen LogP contribution >= 0.6 is 31.9 Å². The van der Waals surface area contributed by atoms with E-state index in [0.29, 0.717) is 6.54 Å². The number of hydrogen-bond donors (Lipinski definition) is 0. The molecule has 4 atom stereocenters. The molecule has 1 heterocycles. The van der Waals surface area contributed by atoms with Gasteiger partial charge in [0.05, 0.1) is 20.4 Å². The van der Waals surface area contributed by atoms with Gasteiger partial charge < -0.3 is 9.64 Å². The summed E-state index contributed by atoms with van der Waals surface area (Å²) in [7, 11) is 1.63. The number of methoxy groups -OCH3 is 1. The minimum atomic E-state index is -0.901. The number of hydrogen-bond acceptors (Lipinski definition) is 2. The third-order valence-corrected chi connectivity index (χ3v) is 5.76. The van der Waals surface area contributed by atoms with Crippen LogP contribution in [0.1, 0.15) is 13.4 Å². The highest BCUT2D eigenvalue weighted by Gasteiger charge is 2.55. The molecule has 2 aliphatic rings. The van der Waals surface area contributed by atoms with E-state index >= 15 is 0 Å². The second kappa shape index (κ2) is 5.09. The van der Waals surface area contributed by atoms with Crippen LogP contribution in [0, 0.1) is 5.92 Å². The predicted octanol–water partition coefficient (Wildman–Crippen LogP) is 2.95. The minimum absolute atomic E-state index is 0.0142. The SMILES string of the molecule is [2H][C@]12[C@@H](Br)C[C@H](C(=O)N1Cc1ccc(OC)cc1)[C@@H]2Br. The lowest BCUT2D eigenvalue weighted by Gasteiger charge is -2.30. The van der Waals surface area contributed by atoms with Gasteiger partial charge in [-0.3, -0.25) is 4.79 Å². The summed E-state index contributed by atoms with van der Waals surface area (Å²) in [6, 6.07) is 6.73. The number of benzene rings is 1. The largest absolute Gasteiger partial charge is 0.497 e. The topological polar surface area (TPSA) is 29.5 Å². The van der Waals surface area contributed by atoms with Crippen molar-refractivity contribution in [1.82, 2.24) is 4.90 Å². The van der Waals surface area contributed by atoms with Crippen molar-refractivity contribution in [1.29, 1.82) is 0 Å². The van der Waals surface area contributed by atoms with Gasteiger partial charge in [0.1, 0.15) is 5.75 Å². The lowest BCUT2D eigenvalue weighted by molar-refractivity contribution is -0.134. The molecular formula is C14H15Br2NO2. The van der Waals surface area contributed by atoms with Crippen LogP contribution in [0.4, 0.5) is 0 Å². The Morgan fingerprint density at radius 1 is 1.42 bits per heavy atom. The molecule has 0 radical (unpaired) electrons. The fraction of sp³-hybridized carbons (Fsp3) is 0.500. The summed E-state index contributed by atoms with van der Waals surface area (Å²) in [5.41, 5.74) is 1.01. The first kappa shape index (κ1) is 12.2. The predicted molar refractivity (Wildman–Crippen MR) is 80.9 cm³/mol. The molecule has 1 saturated heterocycles. The summed E-state index contributed by atoms with van der Waals surface area (Å²) in [4.78, 5) is 14.0. The normalized spacial score (nSPS) is 37.6. The van der Waals surface area contributed by atoms with Crippen molar-refractivity contribution in [2.24, 2.45) is 5.92 Å². The number of likely N-dealkylation sites (tertiary alicyclic amines) is 1. The molecule has 1 amide bonds. The van der Waals surface area contributed by atoms with Crippen LogP contribution in [0.5, 0.6) is 5.75 Å². The fourth-order valence-corrected chi connectivity index (χ4v) is 5.09. The number of amides is 1. The average molecular weight is 390 g/mol. The van der Waals surface area contributed by atoms with Crippen LogP contribution < -0.4 is 4.74 Å².